The van der Waals surface area contributed by atoms with Gasteiger partial charge in [0.2, 0.25) is 5.91 Å². The molecule has 1 amide bonds. The SMILES string of the molecule is O=C(CN1C[C@@H](O)[C@@]2(C[C@H](c3ccccc3)CO2)C1)N1CCCC1. The summed E-state index contributed by atoms with van der Waals surface area (Å²) in [6.45, 7) is 3.99. The van der Waals surface area contributed by atoms with E-state index in [2.05, 4.69) is 17.0 Å². The van der Waals surface area contributed by atoms with E-state index in [-0.39, 0.29) is 5.91 Å². The first kappa shape index (κ1) is 16.1. The standard InChI is InChI=1S/C19H26N2O3/c22-17-11-20(12-18(23)21-8-4-5-9-21)14-19(17)10-16(13-24-19)15-6-2-1-3-7-15/h1-3,6-7,16-17,22H,4-5,8-14H2/t16-,17+,19+/m0/s1. The van der Waals surface area contributed by atoms with Gasteiger partial charge in [-0.15, -0.1) is 0 Å². The van der Waals surface area contributed by atoms with Gasteiger partial charge in [0.25, 0.3) is 0 Å². The molecule has 0 aliphatic carbocycles. The molecule has 3 aliphatic heterocycles. The van der Waals surface area contributed by atoms with E-state index in [0.29, 0.717) is 32.2 Å². The summed E-state index contributed by atoms with van der Waals surface area (Å²) in [5.74, 6) is 0.518. The number of nitrogens with zero attached hydrogens (tertiary/aromatic N) is 2. The minimum atomic E-state index is -0.516. The Morgan fingerprint density at radius 2 is 2.00 bits per heavy atom. The van der Waals surface area contributed by atoms with Crippen molar-refractivity contribution in [3.63, 3.8) is 0 Å². The summed E-state index contributed by atoms with van der Waals surface area (Å²) >= 11 is 0. The maximum Gasteiger partial charge on any atom is 0.236 e. The van der Waals surface area contributed by atoms with Gasteiger partial charge in [-0.2, -0.15) is 0 Å². The first-order valence-electron chi connectivity index (χ1n) is 9.03. The molecule has 0 saturated carbocycles. The smallest absolute Gasteiger partial charge is 0.236 e. The molecule has 0 aromatic heterocycles. The second-order valence-corrected chi connectivity index (χ2v) is 7.46. The van der Waals surface area contributed by atoms with Crippen LogP contribution in [-0.4, -0.2) is 71.8 Å². The van der Waals surface area contributed by atoms with E-state index >= 15 is 0 Å². The number of ether oxygens (including phenoxy) is 1. The summed E-state index contributed by atoms with van der Waals surface area (Å²) in [4.78, 5) is 16.4. The van der Waals surface area contributed by atoms with Crippen molar-refractivity contribution in [2.45, 2.75) is 36.9 Å². The lowest BCUT2D eigenvalue weighted by molar-refractivity contribution is -0.131. The van der Waals surface area contributed by atoms with Crippen molar-refractivity contribution in [2.24, 2.45) is 0 Å². The quantitative estimate of drug-likeness (QED) is 0.906. The third-order valence-electron chi connectivity index (χ3n) is 5.78. The second-order valence-electron chi connectivity index (χ2n) is 7.46. The summed E-state index contributed by atoms with van der Waals surface area (Å²) in [5.41, 5.74) is 0.763. The van der Waals surface area contributed by atoms with Crippen molar-refractivity contribution in [1.29, 1.82) is 0 Å². The molecule has 3 atom stereocenters. The molecule has 0 bridgehead atoms. The third-order valence-corrected chi connectivity index (χ3v) is 5.78. The molecular weight excluding hydrogens is 304 g/mol. The van der Waals surface area contributed by atoms with E-state index in [9.17, 15) is 9.90 Å². The molecule has 24 heavy (non-hydrogen) atoms. The van der Waals surface area contributed by atoms with E-state index in [1.807, 2.05) is 23.1 Å². The average Bonchev–Trinajstić information content (AvgIpc) is 3.31. The molecule has 3 heterocycles. The Kier molecular flexibility index (Phi) is 4.33. The molecule has 1 aromatic carbocycles. The van der Waals surface area contributed by atoms with Crippen LogP contribution in [0.2, 0.25) is 0 Å². The Bertz CT molecular complexity index is 588. The number of aliphatic hydroxyl groups is 1. The molecule has 1 spiro atoms. The number of benzene rings is 1. The molecule has 130 valence electrons. The lowest BCUT2D eigenvalue weighted by atomic mass is 9.87. The van der Waals surface area contributed by atoms with Crippen LogP contribution in [0, 0.1) is 0 Å². The number of likely N-dealkylation sites (tertiary alicyclic amines) is 2. The summed E-state index contributed by atoms with van der Waals surface area (Å²) in [6.07, 6.45) is 2.53. The number of aliphatic hydroxyl groups excluding tert-OH is 1. The summed E-state index contributed by atoms with van der Waals surface area (Å²) in [5, 5.41) is 10.6. The maximum atomic E-state index is 12.4. The van der Waals surface area contributed by atoms with Crippen molar-refractivity contribution in [2.75, 3.05) is 39.3 Å². The van der Waals surface area contributed by atoms with Crippen LogP contribution in [0.5, 0.6) is 0 Å². The number of β-amino-alcohol motifs (C(OH)–C–C–N with tert-alkyl or cyclic N) is 1. The van der Waals surface area contributed by atoms with Crippen molar-refractivity contribution < 1.29 is 14.6 Å². The van der Waals surface area contributed by atoms with Crippen molar-refractivity contribution in [3.8, 4) is 0 Å². The Morgan fingerprint density at radius 3 is 2.75 bits per heavy atom. The van der Waals surface area contributed by atoms with Gasteiger partial charge in [-0.3, -0.25) is 9.69 Å². The Labute approximate surface area is 143 Å². The number of hydrogen-bond donors (Lipinski definition) is 1. The highest BCUT2D eigenvalue weighted by molar-refractivity contribution is 5.78. The van der Waals surface area contributed by atoms with Gasteiger partial charge in [-0.25, -0.2) is 0 Å². The van der Waals surface area contributed by atoms with Crippen LogP contribution >= 0.6 is 0 Å². The highest BCUT2D eigenvalue weighted by atomic mass is 16.5. The lowest BCUT2D eigenvalue weighted by Gasteiger charge is -2.26. The fraction of sp³-hybridized carbons (Fsp3) is 0.632. The second kappa shape index (κ2) is 6.47. The molecular formula is C19H26N2O3. The highest BCUT2D eigenvalue weighted by Crippen LogP contribution is 2.42. The minimum Gasteiger partial charge on any atom is -0.389 e. The van der Waals surface area contributed by atoms with Crippen LogP contribution in [-0.2, 0) is 9.53 Å². The summed E-state index contributed by atoms with van der Waals surface area (Å²) in [7, 11) is 0. The number of hydrogen-bond acceptors (Lipinski definition) is 4. The van der Waals surface area contributed by atoms with Crippen LogP contribution < -0.4 is 0 Å². The van der Waals surface area contributed by atoms with Gasteiger partial charge in [-0.05, 0) is 24.8 Å². The molecule has 4 rings (SSSR count). The molecule has 3 aliphatic rings. The van der Waals surface area contributed by atoms with Gasteiger partial charge in [0, 0.05) is 32.1 Å². The van der Waals surface area contributed by atoms with E-state index in [4.69, 9.17) is 4.74 Å². The fourth-order valence-electron chi connectivity index (χ4n) is 4.42. The molecule has 3 fully saturated rings. The van der Waals surface area contributed by atoms with Crippen LogP contribution in [0.3, 0.4) is 0 Å². The van der Waals surface area contributed by atoms with Crippen LogP contribution in [0.15, 0.2) is 30.3 Å². The fourth-order valence-corrected chi connectivity index (χ4v) is 4.42. The highest BCUT2D eigenvalue weighted by Gasteiger charge is 2.52. The largest absolute Gasteiger partial charge is 0.389 e. The predicted molar refractivity (Wildman–Crippen MR) is 90.7 cm³/mol. The van der Waals surface area contributed by atoms with Gasteiger partial charge < -0.3 is 14.7 Å². The minimum absolute atomic E-state index is 0.189. The van der Waals surface area contributed by atoms with Crippen LogP contribution in [0.1, 0.15) is 30.7 Å². The molecule has 3 saturated heterocycles. The van der Waals surface area contributed by atoms with E-state index in [0.717, 1.165) is 32.4 Å². The third kappa shape index (κ3) is 2.96. The number of rotatable bonds is 3. The van der Waals surface area contributed by atoms with Crippen LogP contribution in [0.25, 0.3) is 0 Å². The normalized spacial score (nSPS) is 33.6. The monoisotopic (exact) mass is 330 g/mol. The van der Waals surface area contributed by atoms with E-state index in [1.54, 1.807) is 0 Å². The van der Waals surface area contributed by atoms with E-state index in [1.165, 1.54) is 5.56 Å². The number of carbonyl (C=O) groups is 1. The van der Waals surface area contributed by atoms with Crippen molar-refractivity contribution >= 4 is 5.91 Å². The molecule has 1 aromatic rings. The predicted octanol–water partition coefficient (Wildman–Crippen LogP) is 1.23. The Morgan fingerprint density at radius 1 is 1.25 bits per heavy atom. The molecule has 0 unspecified atom stereocenters. The molecule has 0 radical (unpaired) electrons. The first-order chi connectivity index (χ1) is 11.7. The zero-order valence-corrected chi connectivity index (χ0v) is 14.1. The van der Waals surface area contributed by atoms with Gasteiger partial charge in [-0.1, -0.05) is 30.3 Å². The van der Waals surface area contributed by atoms with E-state index < -0.39 is 11.7 Å². The molecule has 5 nitrogen and oxygen atoms in total. The van der Waals surface area contributed by atoms with Gasteiger partial charge in [0.05, 0.1) is 19.3 Å². The number of amides is 1. The maximum absolute atomic E-state index is 12.4. The molecule has 1 N–H and O–H groups in total. The Balaban J connectivity index is 1.39. The zero-order valence-electron chi connectivity index (χ0n) is 14.1. The lowest BCUT2D eigenvalue weighted by Crippen LogP contribution is -2.42. The Hall–Kier alpha value is -1.43. The summed E-state index contributed by atoms with van der Waals surface area (Å²) in [6, 6.07) is 10.4. The molecule has 5 heteroatoms. The van der Waals surface area contributed by atoms with Gasteiger partial charge in [0.15, 0.2) is 0 Å². The van der Waals surface area contributed by atoms with Gasteiger partial charge in [0.1, 0.15) is 5.60 Å². The van der Waals surface area contributed by atoms with Crippen molar-refractivity contribution in [3.05, 3.63) is 35.9 Å². The van der Waals surface area contributed by atoms with Crippen LogP contribution in [0.4, 0.5) is 0 Å². The number of carbonyl (C=O) groups excluding carboxylic acids is 1. The average molecular weight is 330 g/mol. The summed E-state index contributed by atoms with van der Waals surface area (Å²) < 4.78 is 6.10. The van der Waals surface area contributed by atoms with Crippen molar-refractivity contribution in [1.82, 2.24) is 9.80 Å². The first-order valence-corrected chi connectivity index (χ1v) is 9.03. The zero-order chi connectivity index (χ0) is 16.6. The topological polar surface area (TPSA) is 53.0 Å². The van der Waals surface area contributed by atoms with Gasteiger partial charge >= 0.3 is 0 Å².